The molecule has 1 N–H and O–H groups in total. The van der Waals surface area contributed by atoms with Gasteiger partial charge in [-0.05, 0) is 13.0 Å². The number of anilines is 1. The van der Waals surface area contributed by atoms with Crippen LogP contribution in [0.15, 0.2) is 35.0 Å². The van der Waals surface area contributed by atoms with Crippen molar-refractivity contribution in [3.05, 3.63) is 36.2 Å². The van der Waals surface area contributed by atoms with Crippen LogP contribution in [-0.4, -0.2) is 22.7 Å². The zero-order valence-corrected chi connectivity index (χ0v) is 10.2. The molecule has 0 saturated heterocycles. The summed E-state index contributed by atoms with van der Waals surface area (Å²) in [6.07, 6.45) is -5.92. The Hall–Kier alpha value is -2.51. The minimum atomic E-state index is -5.05. The number of alkyl halides is 3. The number of amides is 1. The summed E-state index contributed by atoms with van der Waals surface area (Å²) in [6, 6.07) is 5.27. The maximum atomic E-state index is 12.9. The van der Waals surface area contributed by atoms with E-state index in [2.05, 4.69) is 5.16 Å². The number of nitrogens with zero attached hydrogens (tertiary/aromatic N) is 2. The van der Waals surface area contributed by atoms with Crippen LogP contribution in [0.2, 0.25) is 0 Å². The first kappa shape index (κ1) is 13.9. The van der Waals surface area contributed by atoms with E-state index in [1.165, 1.54) is 31.3 Å². The van der Waals surface area contributed by atoms with Crippen LogP contribution in [0.1, 0.15) is 5.76 Å². The number of hydrogen-bond donors (Lipinski definition) is 1. The predicted octanol–water partition coefficient (Wildman–Crippen LogP) is 3.65. The topological polar surface area (TPSA) is 66.6 Å². The minimum absolute atomic E-state index is 0.0750. The largest absolute Gasteiger partial charge is 0.494 e. The first-order valence-corrected chi connectivity index (χ1v) is 5.43. The Morgan fingerprint density at radius 1 is 1.30 bits per heavy atom. The van der Waals surface area contributed by atoms with Crippen molar-refractivity contribution in [2.45, 2.75) is 13.2 Å². The van der Waals surface area contributed by atoms with Crippen molar-refractivity contribution in [2.24, 2.45) is 0 Å². The monoisotopic (exact) mass is 286 g/mol. The molecule has 0 aliphatic rings. The molecule has 2 rings (SSSR count). The van der Waals surface area contributed by atoms with Gasteiger partial charge in [-0.1, -0.05) is 23.4 Å². The second-order valence-corrected chi connectivity index (χ2v) is 3.90. The van der Waals surface area contributed by atoms with Gasteiger partial charge in [0, 0.05) is 11.1 Å². The molecule has 0 aliphatic carbocycles. The summed E-state index contributed by atoms with van der Waals surface area (Å²) in [7, 11) is 0. The van der Waals surface area contributed by atoms with E-state index in [9.17, 15) is 18.0 Å². The van der Waals surface area contributed by atoms with E-state index >= 15 is 0 Å². The molecule has 0 spiro atoms. The Kier molecular flexibility index (Phi) is 3.39. The number of halogens is 3. The molecule has 0 fully saturated rings. The van der Waals surface area contributed by atoms with E-state index in [-0.39, 0.29) is 5.56 Å². The van der Waals surface area contributed by atoms with E-state index in [0.29, 0.717) is 11.3 Å². The van der Waals surface area contributed by atoms with Gasteiger partial charge in [0.15, 0.2) is 0 Å². The Morgan fingerprint density at radius 2 is 1.95 bits per heavy atom. The number of benzene rings is 1. The molecule has 0 atom stereocenters. The van der Waals surface area contributed by atoms with Crippen molar-refractivity contribution in [1.29, 1.82) is 0 Å². The van der Waals surface area contributed by atoms with E-state index in [1.807, 2.05) is 0 Å². The van der Waals surface area contributed by atoms with Crippen molar-refractivity contribution in [3.63, 3.8) is 0 Å². The van der Waals surface area contributed by atoms with Gasteiger partial charge in [-0.25, -0.2) is 4.79 Å². The lowest BCUT2D eigenvalue weighted by Gasteiger charge is -2.23. The first-order chi connectivity index (χ1) is 9.32. The van der Waals surface area contributed by atoms with Crippen molar-refractivity contribution in [3.8, 4) is 11.1 Å². The minimum Gasteiger partial charge on any atom is -0.464 e. The maximum Gasteiger partial charge on any atom is 0.494 e. The van der Waals surface area contributed by atoms with Gasteiger partial charge in [0.25, 0.3) is 0 Å². The van der Waals surface area contributed by atoms with Crippen LogP contribution in [0.5, 0.6) is 0 Å². The number of carbonyl (C=O) groups is 1. The molecule has 1 amide bonds. The quantitative estimate of drug-likeness (QED) is 0.856. The summed E-state index contributed by atoms with van der Waals surface area (Å²) in [5.41, 5.74) is -0.124. The van der Waals surface area contributed by atoms with Crippen LogP contribution in [0.25, 0.3) is 11.1 Å². The van der Waals surface area contributed by atoms with Gasteiger partial charge in [0.2, 0.25) is 0 Å². The summed E-state index contributed by atoms with van der Waals surface area (Å²) >= 11 is 0. The fourth-order valence-corrected chi connectivity index (χ4v) is 1.80. The van der Waals surface area contributed by atoms with Gasteiger partial charge in [0.05, 0.1) is 11.9 Å². The molecule has 1 heterocycles. The molecule has 106 valence electrons. The molecule has 0 aliphatic heterocycles. The summed E-state index contributed by atoms with van der Waals surface area (Å²) < 4.78 is 43.5. The molecular formula is C12H9F3N2O3. The Morgan fingerprint density at radius 3 is 2.45 bits per heavy atom. The Balaban J connectivity index is 2.63. The van der Waals surface area contributed by atoms with Gasteiger partial charge >= 0.3 is 12.4 Å². The molecule has 8 heteroatoms. The zero-order chi connectivity index (χ0) is 14.9. The van der Waals surface area contributed by atoms with Crippen molar-refractivity contribution >= 4 is 11.8 Å². The van der Waals surface area contributed by atoms with Crippen molar-refractivity contribution in [2.75, 3.05) is 4.90 Å². The van der Waals surface area contributed by atoms with Crippen LogP contribution < -0.4 is 4.90 Å². The lowest BCUT2D eigenvalue weighted by atomic mass is 10.0. The molecular weight excluding hydrogens is 277 g/mol. The van der Waals surface area contributed by atoms with Crippen LogP contribution >= 0.6 is 0 Å². The molecule has 2 aromatic rings. The summed E-state index contributed by atoms with van der Waals surface area (Å²) in [5.74, 6) is 0.296. The third kappa shape index (κ3) is 2.44. The van der Waals surface area contributed by atoms with Gasteiger partial charge in [-0.15, -0.1) is 13.2 Å². The highest BCUT2D eigenvalue weighted by atomic mass is 19.4. The van der Waals surface area contributed by atoms with Crippen molar-refractivity contribution < 1.29 is 27.6 Å². The van der Waals surface area contributed by atoms with Gasteiger partial charge in [0.1, 0.15) is 5.76 Å². The molecule has 1 aromatic carbocycles. The zero-order valence-electron chi connectivity index (χ0n) is 10.2. The van der Waals surface area contributed by atoms with Crippen LogP contribution in [0.3, 0.4) is 0 Å². The average Bonchev–Trinajstić information content (AvgIpc) is 2.74. The highest BCUT2D eigenvalue weighted by Crippen LogP contribution is 2.37. The summed E-state index contributed by atoms with van der Waals surface area (Å²) in [5, 5.41) is 12.3. The average molecular weight is 286 g/mol. The van der Waals surface area contributed by atoms with E-state index in [0.717, 1.165) is 6.07 Å². The van der Waals surface area contributed by atoms with Gasteiger partial charge in [-0.2, -0.15) is 4.90 Å². The van der Waals surface area contributed by atoms with Crippen LogP contribution in [0, 0.1) is 6.92 Å². The highest BCUT2D eigenvalue weighted by molar-refractivity contribution is 5.93. The maximum absolute atomic E-state index is 12.9. The summed E-state index contributed by atoms with van der Waals surface area (Å²) in [4.78, 5) is 10.3. The fourth-order valence-electron chi connectivity index (χ4n) is 1.80. The lowest BCUT2D eigenvalue weighted by molar-refractivity contribution is -0.123. The second-order valence-electron chi connectivity index (χ2n) is 3.90. The molecule has 0 saturated carbocycles. The first-order valence-electron chi connectivity index (χ1n) is 5.43. The molecule has 20 heavy (non-hydrogen) atoms. The van der Waals surface area contributed by atoms with Gasteiger partial charge in [-0.3, -0.25) is 0 Å². The highest BCUT2D eigenvalue weighted by Gasteiger charge is 2.43. The Bertz CT molecular complexity index is 637. The number of aromatic nitrogens is 1. The number of carboxylic acid groups (broad SMARTS) is 1. The fraction of sp³-hybridized carbons (Fsp3) is 0.167. The molecule has 5 nitrogen and oxygen atoms in total. The number of rotatable bonds is 2. The number of hydrogen-bond acceptors (Lipinski definition) is 3. The molecule has 0 bridgehead atoms. The Labute approximate surface area is 111 Å². The van der Waals surface area contributed by atoms with Gasteiger partial charge < -0.3 is 9.63 Å². The molecule has 0 radical (unpaired) electrons. The van der Waals surface area contributed by atoms with E-state index in [1.54, 1.807) is 0 Å². The van der Waals surface area contributed by atoms with Crippen molar-refractivity contribution in [1.82, 2.24) is 5.16 Å². The third-order valence-electron chi connectivity index (χ3n) is 2.63. The normalized spacial score (nSPS) is 11.4. The SMILES string of the molecule is Cc1oncc1-c1ccccc1N(C(=O)O)C(F)(F)F. The predicted molar refractivity (Wildman–Crippen MR) is 63.2 cm³/mol. The second kappa shape index (κ2) is 4.87. The smallest absolute Gasteiger partial charge is 0.464 e. The molecule has 0 unspecified atom stereocenters. The number of para-hydroxylation sites is 1. The van der Waals surface area contributed by atoms with E-state index in [4.69, 9.17) is 9.63 Å². The molecule has 1 aromatic heterocycles. The lowest BCUT2D eigenvalue weighted by Crippen LogP contribution is -2.42. The number of aryl methyl sites for hydroxylation is 1. The van der Waals surface area contributed by atoms with Crippen LogP contribution in [-0.2, 0) is 0 Å². The van der Waals surface area contributed by atoms with E-state index < -0.39 is 23.0 Å². The summed E-state index contributed by atoms with van der Waals surface area (Å²) in [6.45, 7) is 1.53. The van der Waals surface area contributed by atoms with Crippen LogP contribution in [0.4, 0.5) is 23.7 Å². The standard InChI is InChI=1S/C12H9F3N2O3/c1-7-9(6-16-20-7)8-4-2-3-5-10(8)17(11(18)19)12(13,14)15/h2-6H,1H3,(H,18,19). The third-order valence-corrected chi connectivity index (χ3v) is 2.63.